The fourth-order valence-electron chi connectivity index (χ4n) is 5.78. The van der Waals surface area contributed by atoms with Crippen LogP contribution in [0.5, 0.6) is 0 Å². The zero-order chi connectivity index (χ0) is 24.4. The highest BCUT2D eigenvalue weighted by Crippen LogP contribution is 2.40. The van der Waals surface area contributed by atoms with Crippen molar-refractivity contribution in [3.8, 4) is 0 Å². The number of nitrogens with one attached hydrogen (secondary N) is 1. The second kappa shape index (κ2) is 10.1. The van der Waals surface area contributed by atoms with Crippen molar-refractivity contribution < 1.29 is 23.1 Å². The molecule has 8 heteroatoms. The van der Waals surface area contributed by atoms with Gasteiger partial charge in [0.15, 0.2) is 0 Å². The van der Waals surface area contributed by atoms with Crippen LogP contribution in [0.4, 0.5) is 20.2 Å². The molecule has 1 aliphatic carbocycles. The first-order valence-corrected chi connectivity index (χ1v) is 12.7. The van der Waals surface area contributed by atoms with Crippen molar-refractivity contribution in [2.24, 2.45) is 5.92 Å². The summed E-state index contributed by atoms with van der Waals surface area (Å²) in [4.78, 5) is 28.3. The highest BCUT2D eigenvalue weighted by Gasteiger charge is 2.42. The fraction of sp³-hybridized carbons (Fsp3) is 0.556. The summed E-state index contributed by atoms with van der Waals surface area (Å²) in [6.07, 6.45) is 10.5. The number of piperidine rings is 2. The van der Waals surface area contributed by atoms with E-state index in [2.05, 4.69) is 33.3 Å². The number of carbonyl (C=O) groups excluding carboxylic acids is 2. The zero-order valence-electron chi connectivity index (χ0n) is 20.0. The van der Waals surface area contributed by atoms with Crippen molar-refractivity contribution in [1.82, 2.24) is 5.32 Å². The smallest absolute Gasteiger partial charge is 0.273 e. The molecule has 1 aromatic rings. The van der Waals surface area contributed by atoms with Crippen molar-refractivity contribution in [1.29, 1.82) is 0 Å². The van der Waals surface area contributed by atoms with Gasteiger partial charge in [0.1, 0.15) is 12.6 Å². The van der Waals surface area contributed by atoms with Gasteiger partial charge in [-0.3, -0.25) is 14.9 Å². The maximum absolute atomic E-state index is 14.9. The van der Waals surface area contributed by atoms with E-state index in [1.54, 1.807) is 0 Å². The summed E-state index contributed by atoms with van der Waals surface area (Å²) < 4.78 is 35.2. The molecule has 4 aliphatic rings. The monoisotopic (exact) mass is 485 g/mol. The van der Waals surface area contributed by atoms with Crippen LogP contribution in [0.2, 0.25) is 0 Å². The van der Waals surface area contributed by atoms with Crippen LogP contribution in [0.25, 0.3) is 0 Å². The molecule has 6 nitrogen and oxygen atoms in total. The van der Waals surface area contributed by atoms with Crippen molar-refractivity contribution in [3.63, 3.8) is 0 Å². The number of carbonyl (C=O) groups is 2. The van der Waals surface area contributed by atoms with Gasteiger partial charge in [-0.15, -0.1) is 0 Å². The topological polar surface area (TPSA) is 61.9 Å². The number of imide groups is 1. The maximum Gasteiger partial charge on any atom is 0.273 e. The summed E-state index contributed by atoms with van der Waals surface area (Å²) in [5, 5.41) is 2.45. The van der Waals surface area contributed by atoms with Gasteiger partial charge in [0.2, 0.25) is 11.8 Å². The number of nitrogens with zero attached hydrogens (tertiary/aromatic N) is 2. The van der Waals surface area contributed by atoms with E-state index in [9.17, 15) is 18.4 Å². The highest BCUT2D eigenvalue weighted by molar-refractivity contribution is 6.02. The number of hydrogen-bond donors (Lipinski definition) is 1. The molecule has 0 radical (unpaired) electrons. The van der Waals surface area contributed by atoms with Gasteiger partial charge >= 0.3 is 0 Å². The third-order valence-electron chi connectivity index (χ3n) is 7.69. The van der Waals surface area contributed by atoms with Crippen LogP contribution in [0, 0.1) is 5.92 Å². The van der Waals surface area contributed by atoms with Crippen LogP contribution in [0.15, 0.2) is 42.0 Å². The molecule has 188 valence electrons. The maximum atomic E-state index is 14.9. The minimum Gasteiger partial charge on any atom is -0.371 e. The number of allylic oxidation sites excluding steroid dienone is 2. The van der Waals surface area contributed by atoms with Crippen molar-refractivity contribution in [2.45, 2.75) is 56.9 Å². The van der Waals surface area contributed by atoms with Crippen molar-refractivity contribution in [2.75, 3.05) is 42.6 Å². The Balaban J connectivity index is 1.19. The molecule has 2 amide bonds. The number of hydrogen-bond acceptors (Lipinski definition) is 5. The van der Waals surface area contributed by atoms with E-state index in [0.717, 1.165) is 42.8 Å². The van der Waals surface area contributed by atoms with E-state index in [1.165, 1.54) is 5.56 Å². The summed E-state index contributed by atoms with van der Waals surface area (Å²) in [7, 11) is 0. The Morgan fingerprint density at radius 1 is 1.03 bits per heavy atom. The third kappa shape index (κ3) is 5.13. The first-order valence-electron chi connectivity index (χ1n) is 12.7. The van der Waals surface area contributed by atoms with Crippen LogP contribution in [-0.2, 0) is 20.7 Å². The molecule has 0 aromatic heterocycles. The Kier molecular flexibility index (Phi) is 6.91. The molecule has 0 bridgehead atoms. The highest BCUT2D eigenvalue weighted by atomic mass is 19.3. The van der Waals surface area contributed by atoms with Crippen molar-refractivity contribution >= 4 is 23.2 Å². The lowest BCUT2D eigenvalue weighted by atomic mass is 9.90. The van der Waals surface area contributed by atoms with Crippen molar-refractivity contribution in [3.05, 3.63) is 47.6 Å². The Labute approximate surface area is 205 Å². The van der Waals surface area contributed by atoms with Gasteiger partial charge in [-0.25, -0.2) is 8.78 Å². The normalized spacial score (nSPS) is 23.4. The average Bonchev–Trinajstić information content (AvgIpc) is 3.29. The SMILES string of the molecule is O=C1CCC(N2CCc3c(N4CCC(C(F)(F)COCC5=CCCC=C5)CC4)cccc32)C(=O)N1. The minimum absolute atomic E-state index is 0.215. The lowest BCUT2D eigenvalue weighted by molar-refractivity contribution is -0.134. The number of fused-ring (bicyclic) bond motifs is 1. The van der Waals surface area contributed by atoms with Gasteiger partial charge in [-0.1, -0.05) is 24.3 Å². The van der Waals surface area contributed by atoms with Crippen LogP contribution in [0.3, 0.4) is 0 Å². The predicted molar refractivity (Wildman–Crippen MR) is 131 cm³/mol. The van der Waals surface area contributed by atoms with Gasteiger partial charge in [-0.2, -0.15) is 0 Å². The van der Waals surface area contributed by atoms with E-state index in [4.69, 9.17) is 4.74 Å². The molecule has 2 fully saturated rings. The minimum atomic E-state index is -2.84. The molecule has 5 rings (SSSR count). The van der Waals surface area contributed by atoms with Crippen LogP contribution in [0.1, 0.15) is 44.1 Å². The number of rotatable bonds is 7. The van der Waals surface area contributed by atoms with E-state index < -0.39 is 18.4 Å². The molecule has 1 unspecified atom stereocenters. The average molecular weight is 486 g/mol. The van der Waals surface area contributed by atoms with E-state index in [0.29, 0.717) is 38.8 Å². The predicted octanol–water partition coefficient (Wildman–Crippen LogP) is 4.00. The van der Waals surface area contributed by atoms with Gasteiger partial charge in [-0.05, 0) is 56.2 Å². The molecule has 35 heavy (non-hydrogen) atoms. The molecular formula is C27H33F2N3O3. The third-order valence-corrected chi connectivity index (χ3v) is 7.69. The fourth-order valence-corrected chi connectivity index (χ4v) is 5.78. The lowest BCUT2D eigenvalue weighted by Crippen LogP contribution is -2.52. The Morgan fingerprint density at radius 3 is 2.57 bits per heavy atom. The molecule has 1 atom stereocenters. The molecule has 0 spiro atoms. The summed E-state index contributed by atoms with van der Waals surface area (Å²) in [5.74, 6) is -3.98. The summed E-state index contributed by atoms with van der Waals surface area (Å²) in [5.41, 5.74) is 4.24. The first-order chi connectivity index (χ1) is 16.9. The second-order valence-electron chi connectivity index (χ2n) is 9.96. The Bertz CT molecular complexity index is 1030. The molecule has 2 saturated heterocycles. The van der Waals surface area contributed by atoms with E-state index >= 15 is 0 Å². The molecule has 3 heterocycles. The standard InChI is InChI=1S/C27H33F2N3O3/c28-27(29,18-35-17-19-5-2-1-3-6-19)20-11-14-31(15-12-20)22-7-4-8-23-21(22)13-16-32(23)24-9-10-25(33)30-26(24)34/h2,4-8,20,24H,1,3,9-18H2,(H,30,33,34). The second-order valence-corrected chi connectivity index (χ2v) is 9.96. The Hall–Kier alpha value is -2.74. The quantitative estimate of drug-likeness (QED) is 0.592. The van der Waals surface area contributed by atoms with E-state index in [-0.39, 0.29) is 24.5 Å². The first kappa shape index (κ1) is 24.0. The molecule has 1 N–H and O–H groups in total. The Morgan fingerprint density at radius 2 is 1.83 bits per heavy atom. The van der Waals surface area contributed by atoms with Crippen LogP contribution >= 0.6 is 0 Å². The summed E-state index contributed by atoms with van der Waals surface area (Å²) >= 11 is 0. The van der Waals surface area contributed by atoms with Gasteiger partial charge in [0.05, 0.1) is 6.61 Å². The number of ether oxygens (including phenoxy) is 1. The molecule has 3 aliphatic heterocycles. The number of benzene rings is 1. The van der Waals surface area contributed by atoms with Gasteiger partial charge < -0.3 is 14.5 Å². The summed E-state index contributed by atoms with van der Waals surface area (Å²) in [6.45, 7) is 1.57. The molecule has 1 aromatic carbocycles. The largest absolute Gasteiger partial charge is 0.371 e. The summed E-state index contributed by atoms with van der Waals surface area (Å²) in [6, 6.07) is 5.71. The number of anilines is 2. The number of halogens is 2. The van der Waals surface area contributed by atoms with Gasteiger partial charge in [0, 0.05) is 48.9 Å². The lowest BCUT2D eigenvalue weighted by Gasteiger charge is -2.38. The number of alkyl halides is 2. The number of amides is 2. The molecular weight excluding hydrogens is 452 g/mol. The van der Waals surface area contributed by atoms with E-state index in [1.807, 2.05) is 18.2 Å². The van der Waals surface area contributed by atoms with Crippen LogP contribution < -0.4 is 15.1 Å². The van der Waals surface area contributed by atoms with Gasteiger partial charge in [0.25, 0.3) is 5.92 Å². The molecule has 0 saturated carbocycles. The zero-order valence-corrected chi connectivity index (χ0v) is 20.0. The van der Waals surface area contributed by atoms with Crippen LogP contribution in [-0.4, -0.2) is 56.6 Å².